The minimum absolute atomic E-state index is 0.0397. The minimum Gasteiger partial charge on any atom is -0.426 e. The molecule has 2 aliphatic heterocycles. The first-order valence-corrected chi connectivity index (χ1v) is 21.3. The Balaban J connectivity index is 0.903. The number of carbonyl (C=O) groups excluding carboxylic acids is 4. The lowest BCUT2D eigenvalue weighted by Crippen LogP contribution is -2.31. The van der Waals surface area contributed by atoms with Gasteiger partial charge >= 0.3 is 11.9 Å². The van der Waals surface area contributed by atoms with Gasteiger partial charge in [0.15, 0.2) is 0 Å². The predicted molar refractivity (Wildman–Crippen MR) is 226 cm³/mol. The monoisotopic (exact) mass is 792 g/mol. The van der Waals surface area contributed by atoms with Gasteiger partial charge in [0.05, 0.1) is 25.3 Å². The molecule has 0 aliphatic carbocycles. The molecule has 6 atom stereocenters. The third-order valence-electron chi connectivity index (χ3n) is 12.2. The number of benzene rings is 4. The van der Waals surface area contributed by atoms with E-state index in [-0.39, 0.29) is 84.6 Å². The number of carbonyl (C=O) groups is 4. The summed E-state index contributed by atoms with van der Waals surface area (Å²) >= 11 is 0. The lowest BCUT2D eigenvalue weighted by Gasteiger charge is -2.26. The van der Waals surface area contributed by atoms with E-state index in [1.54, 1.807) is 0 Å². The summed E-state index contributed by atoms with van der Waals surface area (Å²) in [6, 6.07) is 22.3. The van der Waals surface area contributed by atoms with Gasteiger partial charge < -0.3 is 30.3 Å². The highest BCUT2D eigenvalue weighted by molar-refractivity contribution is 5.96. The van der Waals surface area contributed by atoms with Gasteiger partial charge in [0.1, 0.15) is 11.5 Å². The van der Waals surface area contributed by atoms with Crippen LogP contribution in [0.4, 0.5) is 0 Å². The molecule has 0 saturated carbocycles. The zero-order valence-electron chi connectivity index (χ0n) is 34.4. The number of esters is 2. The van der Waals surface area contributed by atoms with Crippen LogP contribution >= 0.6 is 0 Å². The molecule has 0 spiro atoms. The Labute approximate surface area is 342 Å². The van der Waals surface area contributed by atoms with Crippen molar-refractivity contribution in [2.75, 3.05) is 13.2 Å². The Morgan fingerprint density at radius 3 is 1.22 bits per heavy atom. The summed E-state index contributed by atoms with van der Waals surface area (Å²) in [6.07, 6.45) is 8.19. The first kappa shape index (κ1) is 42.8. The second-order valence-corrected chi connectivity index (χ2v) is 16.9. The van der Waals surface area contributed by atoms with Crippen LogP contribution in [0.5, 0.6) is 11.5 Å². The van der Waals surface area contributed by atoms with Crippen molar-refractivity contribution in [3.8, 4) is 11.5 Å². The van der Waals surface area contributed by atoms with Gasteiger partial charge in [-0.05, 0) is 58.7 Å². The van der Waals surface area contributed by atoms with Gasteiger partial charge in [-0.1, -0.05) is 127 Å². The van der Waals surface area contributed by atoms with Gasteiger partial charge in [-0.2, -0.15) is 0 Å². The van der Waals surface area contributed by atoms with Crippen LogP contribution in [0.25, 0.3) is 21.5 Å². The average Bonchev–Trinajstić information content (AvgIpc) is 3.74. The van der Waals surface area contributed by atoms with Crippen molar-refractivity contribution in [3.63, 3.8) is 0 Å². The largest absolute Gasteiger partial charge is 0.426 e. The van der Waals surface area contributed by atoms with Gasteiger partial charge in [0, 0.05) is 47.3 Å². The number of amides is 2. The summed E-state index contributed by atoms with van der Waals surface area (Å²) in [6.45, 7) is 7.82. The fraction of sp³-hybridized carbons (Fsp3) is 0.500. The topological polar surface area (TPSA) is 151 Å². The zero-order valence-corrected chi connectivity index (χ0v) is 34.4. The minimum atomic E-state index is -0.367. The highest BCUT2D eigenvalue weighted by Crippen LogP contribution is 2.44. The maximum absolute atomic E-state index is 12.9. The molecule has 4 aromatic rings. The average molecular weight is 793 g/mol. The molecule has 4 N–H and O–H groups in total. The normalized spacial score (nSPS) is 21.9. The van der Waals surface area contributed by atoms with Crippen LogP contribution in [-0.4, -0.2) is 59.3 Å². The maximum Gasteiger partial charge on any atom is 0.311 e. The van der Waals surface area contributed by atoms with E-state index in [2.05, 4.69) is 10.6 Å². The summed E-state index contributed by atoms with van der Waals surface area (Å²) in [7, 11) is 0. The highest BCUT2D eigenvalue weighted by Gasteiger charge is 2.46. The van der Waals surface area contributed by atoms with E-state index < -0.39 is 0 Å². The molecule has 2 heterocycles. The van der Waals surface area contributed by atoms with Crippen LogP contribution in [0.1, 0.15) is 115 Å². The van der Waals surface area contributed by atoms with Crippen molar-refractivity contribution >= 4 is 45.3 Å². The Morgan fingerprint density at radius 2 is 0.879 bits per heavy atom. The molecule has 2 aliphatic rings. The van der Waals surface area contributed by atoms with E-state index in [1.165, 1.54) is 0 Å². The summed E-state index contributed by atoms with van der Waals surface area (Å²) in [5, 5.41) is 29.6. The van der Waals surface area contributed by atoms with Gasteiger partial charge in [0.2, 0.25) is 11.8 Å². The Bertz CT molecular complexity index is 1930. The number of ether oxygens (including phenoxy) is 2. The quantitative estimate of drug-likeness (QED) is 0.0423. The number of nitrogens with one attached hydrogen (secondary N) is 2. The molecule has 6 rings (SSSR count). The van der Waals surface area contributed by atoms with Crippen LogP contribution in [0.15, 0.2) is 72.8 Å². The van der Waals surface area contributed by atoms with Crippen molar-refractivity contribution in [1.82, 2.24) is 10.6 Å². The number of rotatable bonds is 19. The van der Waals surface area contributed by atoms with Crippen molar-refractivity contribution in [3.05, 3.63) is 83.9 Å². The van der Waals surface area contributed by atoms with Crippen LogP contribution in [0, 0.1) is 23.7 Å². The molecule has 2 amide bonds. The summed E-state index contributed by atoms with van der Waals surface area (Å²) in [4.78, 5) is 51.4. The standard InChI is InChI=1S/C48H60N2O8/c1-29(2)43-45(37(27-51)49-47(43)55)35-23-25-39(33-19-15-13-17-31(33)35)57-41(53)21-11-9-7-5-6-8-10-12-22-42(54)58-40-26-24-36(32-18-14-16-20-34(32)40)46-38(28-52)50-48(56)44(46)30(3)4/h13-20,23-26,29-30,37-38,43-46,51-52H,5-12,21-22,27-28H2,1-4H3,(H,49,55)(H,50,56)/t37-,38-,43-,44-,45-,46?/m1/s1. The van der Waals surface area contributed by atoms with E-state index in [9.17, 15) is 29.4 Å². The van der Waals surface area contributed by atoms with Crippen molar-refractivity contribution in [2.45, 2.75) is 116 Å². The van der Waals surface area contributed by atoms with E-state index in [0.717, 1.165) is 84.0 Å². The molecule has 310 valence electrons. The molecule has 0 aromatic heterocycles. The summed E-state index contributed by atoms with van der Waals surface area (Å²) in [5.74, 6) is -0.286. The van der Waals surface area contributed by atoms with Gasteiger partial charge in [-0.15, -0.1) is 0 Å². The third-order valence-corrected chi connectivity index (χ3v) is 12.2. The molecule has 0 radical (unpaired) electrons. The molecule has 1 unspecified atom stereocenters. The van der Waals surface area contributed by atoms with Crippen molar-refractivity contribution in [2.24, 2.45) is 23.7 Å². The molecule has 2 fully saturated rings. The lowest BCUT2D eigenvalue weighted by atomic mass is 9.77. The first-order valence-electron chi connectivity index (χ1n) is 21.3. The first-order chi connectivity index (χ1) is 28.0. The predicted octanol–water partition coefficient (Wildman–Crippen LogP) is 8.10. The van der Waals surface area contributed by atoms with E-state index in [0.29, 0.717) is 24.3 Å². The second kappa shape index (κ2) is 19.8. The number of hydrogen-bond acceptors (Lipinski definition) is 8. The zero-order chi connectivity index (χ0) is 41.3. The van der Waals surface area contributed by atoms with Crippen LogP contribution < -0.4 is 20.1 Å². The SMILES string of the molecule is CC(C)[C@H]1C(=O)N[C@H](CO)C1c1ccc(OC(=O)CCCCCCCCCCC(=O)Oc2ccc([C@H]3[C@@H](C(C)C)C(=O)N[C@@H]3CO)c3ccccc23)c2ccccc12. The Hall–Kier alpha value is -4.80. The second-order valence-electron chi connectivity index (χ2n) is 16.9. The van der Waals surface area contributed by atoms with Crippen molar-refractivity contribution in [1.29, 1.82) is 0 Å². The van der Waals surface area contributed by atoms with Gasteiger partial charge in [-0.25, -0.2) is 0 Å². The number of fused-ring (bicyclic) bond motifs is 2. The highest BCUT2D eigenvalue weighted by atomic mass is 16.5. The number of unbranched alkanes of at least 4 members (excludes halogenated alkanes) is 7. The van der Waals surface area contributed by atoms with Gasteiger partial charge in [0.25, 0.3) is 0 Å². The maximum atomic E-state index is 12.9. The molecular formula is C48H60N2O8. The molecule has 0 bridgehead atoms. The number of aliphatic hydroxyl groups is 2. The number of aliphatic hydroxyl groups excluding tert-OH is 2. The summed E-state index contributed by atoms with van der Waals surface area (Å²) in [5.41, 5.74) is 1.94. The molecule has 2 saturated heterocycles. The molecule has 10 nitrogen and oxygen atoms in total. The lowest BCUT2D eigenvalue weighted by molar-refractivity contribution is -0.135. The molecule has 58 heavy (non-hydrogen) atoms. The smallest absolute Gasteiger partial charge is 0.311 e. The van der Waals surface area contributed by atoms with Crippen LogP contribution in [0.2, 0.25) is 0 Å². The molecular weight excluding hydrogens is 733 g/mol. The Morgan fingerprint density at radius 1 is 0.534 bits per heavy atom. The third kappa shape index (κ3) is 9.56. The number of hydrogen-bond donors (Lipinski definition) is 4. The van der Waals surface area contributed by atoms with Gasteiger partial charge in [-0.3, -0.25) is 19.2 Å². The van der Waals surface area contributed by atoms with Crippen molar-refractivity contribution < 1.29 is 38.9 Å². The van der Waals surface area contributed by atoms with E-state index >= 15 is 0 Å². The fourth-order valence-corrected chi connectivity index (χ4v) is 9.43. The van der Waals surface area contributed by atoms with Crippen LogP contribution in [-0.2, 0) is 19.2 Å². The van der Waals surface area contributed by atoms with E-state index in [1.807, 2.05) is 100 Å². The fourth-order valence-electron chi connectivity index (χ4n) is 9.43. The van der Waals surface area contributed by atoms with E-state index in [4.69, 9.17) is 9.47 Å². The summed E-state index contributed by atoms with van der Waals surface area (Å²) < 4.78 is 11.7. The van der Waals surface area contributed by atoms with Crippen LogP contribution in [0.3, 0.4) is 0 Å². The molecule has 4 aromatic carbocycles. The Kier molecular flexibility index (Phi) is 14.6. The molecule has 10 heteroatoms.